The molecule has 0 spiro atoms. The zero-order valence-electron chi connectivity index (χ0n) is 13.1. The predicted molar refractivity (Wildman–Crippen MR) is 94.0 cm³/mol. The molecular formula is C19H14N2O4. The van der Waals surface area contributed by atoms with E-state index in [9.17, 15) is 14.9 Å². The van der Waals surface area contributed by atoms with Crippen LogP contribution in [0.25, 0.3) is 0 Å². The summed E-state index contributed by atoms with van der Waals surface area (Å²) in [7, 11) is 0. The Morgan fingerprint density at radius 3 is 2.40 bits per heavy atom. The van der Waals surface area contributed by atoms with Crippen LogP contribution in [0.1, 0.15) is 10.4 Å². The van der Waals surface area contributed by atoms with Crippen molar-refractivity contribution in [2.45, 2.75) is 0 Å². The van der Waals surface area contributed by atoms with E-state index in [0.29, 0.717) is 22.7 Å². The summed E-state index contributed by atoms with van der Waals surface area (Å²) in [5.41, 5.74) is 0.582. The van der Waals surface area contributed by atoms with Gasteiger partial charge in [-0.15, -0.1) is 0 Å². The van der Waals surface area contributed by atoms with Crippen molar-refractivity contribution in [1.82, 2.24) is 0 Å². The van der Waals surface area contributed by atoms with Crippen LogP contribution in [0.5, 0.6) is 11.5 Å². The van der Waals surface area contributed by atoms with Crippen molar-refractivity contribution in [3.63, 3.8) is 0 Å². The third kappa shape index (κ3) is 4.00. The van der Waals surface area contributed by atoms with Gasteiger partial charge in [0.25, 0.3) is 11.6 Å². The smallest absolute Gasteiger partial charge is 0.271 e. The number of rotatable bonds is 5. The molecule has 3 rings (SSSR count). The Labute approximate surface area is 143 Å². The lowest BCUT2D eigenvalue weighted by molar-refractivity contribution is -0.384. The van der Waals surface area contributed by atoms with Gasteiger partial charge in [0.15, 0.2) is 0 Å². The molecular weight excluding hydrogens is 320 g/mol. The maximum atomic E-state index is 12.5. The average molecular weight is 334 g/mol. The minimum absolute atomic E-state index is 0.0911. The molecule has 0 saturated carbocycles. The Bertz CT molecular complexity index is 910. The summed E-state index contributed by atoms with van der Waals surface area (Å²) in [6, 6.07) is 21.7. The summed E-state index contributed by atoms with van der Waals surface area (Å²) < 4.78 is 5.76. The average Bonchev–Trinajstić information content (AvgIpc) is 2.63. The van der Waals surface area contributed by atoms with E-state index in [-0.39, 0.29) is 5.69 Å². The molecule has 0 aliphatic rings. The molecule has 0 bridgehead atoms. The molecule has 0 fully saturated rings. The fourth-order valence-corrected chi connectivity index (χ4v) is 2.25. The summed E-state index contributed by atoms with van der Waals surface area (Å²) >= 11 is 0. The highest BCUT2D eigenvalue weighted by atomic mass is 16.6. The van der Waals surface area contributed by atoms with Crippen LogP contribution < -0.4 is 10.1 Å². The van der Waals surface area contributed by atoms with E-state index in [0.717, 1.165) is 0 Å². The lowest BCUT2D eigenvalue weighted by Gasteiger charge is -2.11. The molecule has 0 heterocycles. The SMILES string of the molecule is O=C(Nc1cccc([N+](=O)[O-])c1)c1ccccc1Oc1ccccc1. The number of benzene rings is 3. The first-order valence-electron chi connectivity index (χ1n) is 7.51. The van der Waals surface area contributed by atoms with Crippen molar-refractivity contribution in [3.05, 3.63) is 94.5 Å². The van der Waals surface area contributed by atoms with Crippen molar-refractivity contribution in [2.75, 3.05) is 5.32 Å². The van der Waals surface area contributed by atoms with Gasteiger partial charge in [-0.1, -0.05) is 36.4 Å². The Morgan fingerprint density at radius 1 is 0.920 bits per heavy atom. The van der Waals surface area contributed by atoms with Gasteiger partial charge in [0, 0.05) is 17.8 Å². The third-order valence-electron chi connectivity index (χ3n) is 3.42. The van der Waals surface area contributed by atoms with E-state index in [1.165, 1.54) is 18.2 Å². The highest BCUT2D eigenvalue weighted by Crippen LogP contribution is 2.26. The minimum atomic E-state index is -0.512. The van der Waals surface area contributed by atoms with Gasteiger partial charge in [-0.2, -0.15) is 0 Å². The molecule has 0 saturated heterocycles. The normalized spacial score (nSPS) is 10.1. The zero-order valence-corrected chi connectivity index (χ0v) is 13.1. The second kappa shape index (κ2) is 7.27. The van der Waals surface area contributed by atoms with Crippen molar-refractivity contribution >= 4 is 17.3 Å². The van der Waals surface area contributed by atoms with Crippen molar-refractivity contribution in [3.8, 4) is 11.5 Å². The predicted octanol–water partition coefficient (Wildman–Crippen LogP) is 4.64. The van der Waals surface area contributed by atoms with Gasteiger partial charge in [-0.25, -0.2) is 0 Å². The molecule has 6 nitrogen and oxygen atoms in total. The molecule has 1 amide bonds. The fourth-order valence-electron chi connectivity index (χ4n) is 2.25. The van der Waals surface area contributed by atoms with Crippen LogP contribution in [-0.2, 0) is 0 Å². The summed E-state index contributed by atoms with van der Waals surface area (Å²) in [4.78, 5) is 22.9. The largest absolute Gasteiger partial charge is 0.457 e. The molecule has 0 aliphatic heterocycles. The number of amides is 1. The number of nitrogens with one attached hydrogen (secondary N) is 1. The fraction of sp³-hybridized carbons (Fsp3) is 0. The van der Waals surface area contributed by atoms with Crippen LogP contribution in [0.4, 0.5) is 11.4 Å². The van der Waals surface area contributed by atoms with Crippen LogP contribution in [0.3, 0.4) is 0 Å². The number of hydrogen-bond donors (Lipinski definition) is 1. The first-order chi connectivity index (χ1) is 12.1. The number of nitro benzene ring substituents is 1. The van der Waals surface area contributed by atoms with E-state index >= 15 is 0 Å². The van der Waals surface area contributed by atoms with E-state index in [2.05, 4.69) is 5.32 Å². The maximum absolute atomic E-state index is 12.5. The summed E-state index contributed by atoms with van der Waals surface area (Å²) in [5, 5.41) is 13.5. The molecule has 124 valence electrons. The lowest BCUT2D eigenvalue weighted by atomic mass is 10.1. The van der Waals surface area contributed by atoms with Crippen molar-refractivity contribution in [2.24, 2.45) is 0 Å². The van der Waals surface area contributed by atoms with Gasteiger partial charge >= 0.3 is 0 Å². The number of non-ortho nitro benzene ring substituents is 1. The summed E-state index contributed by atoms with van der Waals surface area (Å²) in [6.07, 6.45) is 0. The van der Waals surface area contributed by atoms with Crippen LogP contribution in [0, 0.1) is 10.1 Å². The first-order valence-corrected chi connectivity index (χ1v) is 7.51. The number of anilines is 1. The molecule has 0 atom stereocenters. The standard InChI is InChI=1S/C19H14N2O4/c22-19(20-14-7-6-8-15(13-14)21(23)24)17-11-4-5-12-18(17)25-16-9-2-1-3-10-16/h1-13H,(H,20,22). The first kappa shape index (κ1) is 16.2. The van der Waals surface area contributed by atoms with Gasteiger partial charge in [0.1, 0.15) is 11.5 Å². The maximum Gasteiger partial charge on any atom is 0.271 e. The summed E-state index contributed by atoms with van der Waals surface area (Å²) in [6.45, 7) is 0. The van der Waals surface area contributed by atoms with Gasteiger partial charge in [0.05, 0.1) is 10.5 Å². The number of ether oxygens (including phenoxy) is 1. The molecule has 0 unspecified atom stereocenters. The summed E-state index contributed by atoms with van der Waals surface area (Å²) in [5.74, 6) is 0.599. The van der Waals surface area contributed by atoms with E-state index in [1.807, 2.05) is 18.2 Å². The highest BCUT2D eigenvalue weighted by molar-refractivity contribution is 6.06. The second-order valence-electron chi connectivity index (χ2n) is 5.17. The van der Waals surface area contributed by atoms with Crippen molar-refractivity contribution < 1.29 is 14.5 Å². The molecule has 6 heteroatoms. The highest BCUT2D eigenvalue weighted by Gasteiger charge is 2.14. The Kier molecular flexibility index (Phi) is 4.71. The molecule has 0 radical (unpaired) electrons. The van der Waals surface area contributed by atoms with Gasteiger partial charge in [-0.3, -0.25) is 14.9 Å². The van der Waals surface area contributed by atoms with Crippen molar-refractivity contribution in [1.29, 1.82) is 0 Å². The third-order valence-corrected chi connectivity index (χ3v) is 3.42. The molecule has 1 N–H and O–H groups in total. The Hall–Kier alpha value is -3.67. The van der Waals surface area contributed by atoms with Crippen LogP contribution >= 0.6 is 0 Å². The van der Waals surface area contributed by atoms with Gasteiger partial charge < -0.3 is 10.1 Å². The lowest BCUT2D eigenvalue weighted by Crippen LogP contribution is -2.13. The molecule has 3 aromatic carbocycles. The minimum Gasteiger partial charge on any atom is -0.457 e. The van der Waals surface area contributed by atoms with Crippen LogP contribution in [0.2, 0.25) is 0 Å². The number of carbonyl (C=O) groups is 1. The molecule has 0 aliphatic carbocycles. The quantitative estimate of drug-likeness (QED) is 0.544. The van der Waals surface area contributed by atoms with Gasteiger partial charge in [-0.05, 0) is 30.3 Å². The molecule has 25 heavy (non-hydrogen) atoms. The van der Waals surface area contributed by atoms with E-state index in [1.54, 1.807) is 42.5 Å². The van der Waals surface area contributed by atoms with E-state index in [4.69, 9.17) is 4.74 Å². The number of carbonyl (C=O) groups excluding carboxylic acids is 1. The zero-order chi connectivity index (χ0) is 17.6. The van der Waals surface area contributed by atoms with Crippen LogP contribution in [0.15, 0.2) is 78.9 Å². The topological polar surface area (TPSA) is 81.5 Å². The van der Waals surface area contributed by atoms with Gasteiger partial charge in [0.2, 0.25) is 0 Å². The molecule has 0 aromatic heterocycles. The van der Waals surface area contributed by atoms with E-state index < -0.39 is 10.8 Å². The Morgan fingerprint density at radius 2 is 1.64 bits per heavy atom. The molecule has 3 aromatic rings. The monoisotopic (exact) mass is 334 g/mol. The van der Waals surface area contributed by atoms with Crippen LogP contribution in [-0.4, -0.2) is 10.8 Å². The second-order valence-corrected chi connectivity index (χ2v) is 5.17. The number of nitrogens with zero attached hydrogens (tertiary/aromatic N) is 1. The number of para-hydroxylation sites is 2. The number of hydrogen-bond acceptors (Lipinski definition) is 4. The number of nitro groups is 1. The Balaban J connectivity index is 1.83.